The van der Waals surface area contributed by atoms with E-state index in [-0.39, 0.29) is 24.1 Å². The smallest absolute Gasteiger partial charge is 0.333 e. The first-order chi connectivity index (χ1) is 14.9. The minimum atomic E-state index is -0.379. The summed E-state index contributed by atoms with van der Waals surface area (Å²) in [4.78, 5) is 24.7. The average Bonchev–Trinajstić information content (AvgIpc) is 3.18. The first kappa shape index (κ1) is 22.0. The Morgan fingerprint density at radius 2 is 1.71 bits per heavy atom. The number of esters is 2. The van der Waals surface area contributed by atoms with Crippen molar-refractivity contribution in [3.05, 3.63) is 54.6 Å². The van der Waals surface area contributed by atoms with E-state index in [4.69, 9.17) is 9.47 Å². The molecule has 3 rings (SSSR count). The molecule has 162 valence electrons. The maximum atomic E-state index is 12.1. The normalized spacial score (nSPS) is 10.7. The van der Waals surface area contributed by atoms with Crippen LogP contribution in [0.2, 0.25) is 0 Å². The van der Waals surface area contributed by atoms with Gasteiger partial charge in [-0.2, -0.15) is 0 Å². The number of phenols is 1. The van der Waals surface area contributed by atoms with Gasteiger partial charge >= 0.3 is 11.9 Å². The van der Waals surface area contributed by atoms with Crippen molar-refractivity contribution in [2.45, 2.75) is 39.0 Å². The molecule has 0 atom stereocenters. The second-order valence-corrected chi connectivity index (χ2v) is 7.18. The molecule has 0 spiro atoms. The van der Waals surface area contributed by atoms with Crippen LogP contribution in [0.5, 0.6) is 11.5 Å². The number of carbonyl (C=O) groups excluding carboxylic acids is 2. The van der Waals surface area contributed by atoms with Gasteiger partial charge in [-0.05, 0) is 44.0 Å². The van der Waals surface area contributed by atoms with Crippen molar-refractivity contribution in [3.8, 4) is 17.2 Å². The van der Waals surface area contributed by atoms with Gasteiger partial charge < -0.3 is 14.6 Å². The second kappa shape index (κ2) is 10.4. The second-order valence-electron chi connectivity index (χ2n) is 7.18. The van der Waals surface area contributed by atoms with Gasteiger partial charge in [-0.3, -0.25) is 4.79 Å². The molecular formula is C23H25N3O5. The van der Waals surface area contributed by atoms with E-state index in [0.29, 0.717) is 41.1 Å². The van der Waals surface area contributed by atoms with Crippen LogP contribution in [0.4, 0.5) is 0 Å². The number of hydrogen-bond acceptors (Lipinski definition) is 7. The van der Waals surface area contributed by atoms with Crippen LogP contribution in [0.1, 0.15) is 39.0 Å². The lowest BCUT2D eigenvalue weighted by atomic mass is 10.1. The molecule has 0 bridgehead atoms. The molecule has 3 aromatic rings. The summed E-state index contributed by atoms with van der Waals surface area (Å²) in [5.41, 5.74) is 2.10. The van der Waals surface area contributed by atoms with Crippen LogP contribution < -0.4 is 4.74 Å². The molecule has 0 unspecified atom stereocenters. The van der Waals surface area contributed by atoms with E-state index in [2.05, 4.69) is 16.8 Å². The fraction of sp³-hybridized carbons (Fsp3) is 0.304. The van der Waals surface area contributed by atoms with E-state index in [9.17, 15) is 14.7 Å². The number of phenolic OH excluding ortho intramolecular Hbond substituents is 1. The zero-order valence-corrected chi connectivity index (χ0v) is 17.4. The number of benzene rings is 2. The zero-order valence-electron chi connectivity index (χ0n) is 17.4. The van der Waals surface area contributed by atoms with Gasteiger partial charge in [-0.15, -0.1) is 15.0 Å². The number of aromatic hydroxyl groups is 1. The first-order valence-electron chi connectivity index (χ1n) is 10.1. The number of unbranched alkanes of at least 4 members (excludes halogenated alkanes) is 3. The Morgan fingerprint density at radius 3 is 2.39 bits per heavy atom. The van der Waals surface area contributed by atoms with Crippen molar-refractivity contribution in [1.29, 1.82) is 0 Å². The quantitative estimate of drug-likeness (QED) is 0.227. The molecule has 1 heterocycles. The topological polar surface area (TPSA) is 104 Å². The Labute approximate surface area is 180 Å². The van der Waals surface area contributed by atoms with E-state index in [1.807, 2.05) is 24.3 Å². The Bertz CT molecular complexity index is 1060. The third kappa shape index (κ3) is 6.15. The highest BCUT2D eigenvalue weighted by molar-refractivity contribution is 5.86. The summed E-state index contributed by atoms with van der Waals surface area (Å²) < 4.78 is 10.4. The van der Waals surface area contributed by atoms with Gasteiger partial charge in [-0.1, -0.05) is 31.6 Å². The van der Waals surface area contributed by atoms with E-state index in [0.717, 1.165) is 19.3 Å². The Morgan fingerprint density at radius 1 is 1.03 bits per heavy atom. The molecule has 1 aromatic heterocycles. The number of fused-ring (bicyclic) bond motifs is 1. The van der Waals surface area contributed by atoms with Crippen LogP contribution in [0.3, 0.4) is 0 Å². The van der Waals surface area contributed by atoms with Crippen molar-refractivity contribution in [3.63, 3.8) is 0 Å². The van der Waals surface area contributed by atoms with Crippen LogP contribution in [-0.2, 0) is 14.3 Å². The fourth-order valence-electron chi connectivity index (χ4n) is 2.89. The summed E-state index contributed by atoms with van der Waals surface area (Å²) in [5, 5.41) is 18.9. The number of ether oxygens (including phenoxy) is 2. The molecule has 0 radical (unpaired) electrons. The molecular weight excluding hydrogens is 398 g/mol. The highest BCUT2D eigenvalue weighted by Gasteiger charge is 2.12. The fourth-order valence-corrected chi connectivity index (χ4v) is 2.89. The van der Waals surface area contributed by atoms with Crippen molar-refractivity contribution >= 4 is 23.0 Å². The Balaban J connectivity index is 1.47. The largest absolute Gasteiger partial charge is 0.506 e. The lowest BCUT2D eigenvalue weighted by molar-refractivity contribution is -0.139. The number of aromatic nitrogens is 3. The molecule has 0 saturated carbocycles. The summed E-state index contributed by atoms with van der Waals surface area (Å²) in [7, 11) is 0. The predicted octanol–water partition coefficient (Wildman–Crippen LogP) is 4.10. The minimum Gasteiger partial charge on any atom is -0.506 e. The van der Waals surface area contributed by atoms with Gasteiger partial charge in [0.2, 0.25) is 0 Å². The van der Waals surface area contributed by atoms with Crippen LogP contribution in [0.15, 0.2) is 54.6 Å². The SMILES string of the molecule is C=C(C)C(=O)OCCCCCCC(=O)Oc1ccc(O)c(-n2nc3ccccc3n2)c1. The molecule has 2 aromatic carbocycles. The molecule has 1 N–H and O–H groups in total. The molecule has 0 saturated heterocycles. The maximum Gasteiger partial charge on any atom is 0.333 e. The van der Waals surface area contributed by atoms with Gasteiger partial charge in [0.05, 0.1) is 6.61 Å². The maximum absolute atomic E-state index is 12.1. The summed E-state index contributed by atoms with van der Waals surface area (Å²) in [5.74, 6) is -0.447. The van der Waals surface area contributed by atoms with Gasteiger partial charge in [0.15, 0.2) is 0 Å². The van der Waals surface area contributed by atoms with Crippen molar-refractivity contribution in [2.24, 2.45) is 0 Å². The molecule has 8 heteroatoms. The zero-order chi connectivity index (χ0) is 22.2. The van der Waals surface area contributed by atoms with Gasteiger partial charge in [-0.25, -0.2) is 4.79 Å². The van der Waals surface area contributed by atoms with Gasteiger partial charge in [0.25, 0.3) is 0 Å². The first-order valence-corrected chi connectivity index (χ1v) is 10.1. The monoisotopic (exact) mass is 423 g/mol. The van der Waals surface area contributed by atoms with Crippen molar-refractivity contribution in [1.82, 2.24) is 15.0 Å². The predicted molar refractivity (Wildman–Crippen MR) is 115 cm³/mol. The lowest BCUT2D eigenvalue weighted by Gasteiger charge is -2.08. The van der Waals surface area contributed by atoms with Crippen molar-refractivity contribution < 1.29 is 24.2 Å². The third-order valence-corrected chi connectivity index (χ3v) is 4.54. The highest BCUT2D eigenvalue weighted by Crippen LogP contribution is 2.27. The van der Waals surface area contributed by atoms with Gasteiger partial charge in [0, 0.05) is 18.1 Å². The summed E-state index contributed by atoms with van der Waals surface area (Å²) in [6, 6.07) is 11.9. The molecule has 0 fully saturated rings. The third-order valence-electron chi connectivity index (χ3n) is 4.54. The summed E-state index contributed by atoms with van der Waals surface area (Å²) in [6.07, 6.45) is 3.35. The number of rotatable bonds is 10. The molecule has 8 nitrogen and oxygen atoms in total. The molecule has 31 heavy (non-hydrogen) atoms. The van der Waals surface area contributed by atoms with Crippen LogP contribution >= 0.6 is 0 Å². The van der Waals surface area contributed by atoms with E-state index < -0.39 is 0 Å². The van der Waals surface area contributed by atoms with E-state index in [1.165, 1.54) is 23.0 Å². The number of hydrogen-bond donors (Lipinski definition) is 1. The highest BCUT2D eigenvalue weighted by atomic mass is 16.5. The molecule has 0 amide bonds. The van der Waals surface area contributed by atoms with Gasteiger partial charge in [0.1, 0.15) is 28.2 Å². The Kier molecular flexibility index (Phi) is 7.37. The van der Waals surface area contributed by atoms with E-state index in [1.54, 1.807) is 6.92 Å². The van der Waals surface area contributed by atoms with Crippen molar-refractivity contribution in [2.75, 3.05) is 6.61 Å². The minimum absolute atomic E-state index is 0.0209. The van der Waals surface area contributed by atoms with Crippen LogP contribution in [0, 0.1) is 0 Å². The molecule has 0 aliphatic heterocycles. The summed E-state index contributed by atoms with van der Waals surface area (Å²) >= 11 is 0. The number of carbonyl (C=O) groups is 2. The Hall–Kier alpha value is -3.68. The molecule has 0 aliphatic rings. The summed E-state index contributed by atoms with van der Waals surface area (Å²) in [6.45, 7) is 5.49. The standard InChI is InChI=1S/C23H25N3O5/c1-16(2)23(29)30-14-8-4-3-5-11-22(28)31-17-12-13-21(27)20(15-17)26-24-18-9-6-7-10-19(18)25-26/h6-7,9-10,12-13,15,27H,1,3-5,8,11,14H2,2H3. The lowest BCUT2D eigenvalue weighted by Crippen LogP contribution is -2.08. The van der Waals surface area contributed by atoms with Crippen LogP contribution in [-0.4, -0.2) is 38.6 Å². The average molecular weight is 423 g/mol. The van der Waals surface area contributed by atoms with E-state index >= 15 is 0 Å². The number of nitrogens with zero attached hydrogens (tertiary/aromatic N) is 3. The molecule has 0 aliphatic carbocycles. The van der Waals surface area contributed by atoms with Crippen LogP contribution in [0.25, 0.3) is 16.7 Å².